The van der Waals surface area contributed by atoms with E-state index >= 15 is 0 Å². The molecule has 0 saturated carbocycles. The molecule has 7 nitrogen and oxygen atoms in total. The van der Waals surface area contributed by atoms with Crippen LogP contribution in [0.25, 0.3) is 0 Å². The lowest BCUT2D eigenvalue weighted by Crippen LogP contribution is -3.00. The number of nitro benzene ring substituents is 1. The molecule has 9 heteroatoms. The lowest BCUT2D eigenvalue weighted by Gasteiger charge is -2.30. The van der Waals surface area contributed by atoms with Crippen LogP contribution < -0.4 is 23.0 Å². The van der Waals surface area contributed by atoms with Crippen LogP contribution in [0.1, 0.15) is 42.1 Å². The standard InChI is InChI=1S/C23H29FN4O3.ClH/c1-16-8-12-27(13-9-16)11-3-10-25-21-7-5-18(14-22(21)28(30)31)23(29)26-19-6-4-17(2)20(24)15-19;/h4-7,14-16,25H,3,8-13H2,1-2H3,(H,26,29);1H/p-1. The first-order valence-corrected chi connectivity index (χ1v) is 10.7. The van der Waals surface area contributed by atoms with Crippen LogP contribution in [0.2, 0.25) is 0 Å². The average molecular weight is 464 g/mol. The number of nitrogens with one attached hydrogen (secondary N) is 2. The molecule has 1 aliphatic rings. The van der Waals surface area contributed by atoms with E-state index in [0.717, 1.165) is 32.0 Å². The summed E-state index contributed by atoms with van der Waals surface area (Å²) in [4.78, 5) is 25.9. The van der Waals surface area contributed by atoms with Gasteiger partial charge in [-0.3, -0.25) is 14.9 Å². The fraction of sp³-hybridized carbons (Fsp3) is 0.435. The van der Waals surface area contributed by atoms with Crippen molar-refractivity contribution in [1.29, 1.82) is 0 Å². The first kappa shape index (κ1) is 25.5. The molecule has 2 aromatic carbocycles. The molecule has 0 unspecified atom stereocenters. The first-order chi connectivity index (χ1) is 14.8. The topological polar surface area (TPSA) is 87.5 Å². The normalized spacial score (nSPS) is 14.5. The van der Waals surface area contributed by atoms with Crippen molar-refractivity contribution in [2.45, 2.75) is 33.1 Å². The van der Waals surface area contributed by atoms with Gasteiger partial charge in [0.2, 0.25) is 0 Å². The minimum atomic E-state index is -0.530. The van der Waals surface area contributed by atoms with Crippen LogP contribution in [-0.2, 0) is 0 Å². The molecule has 0 bridgehead atoms. The van der Waals surface area contributed by atoms with Gasteiger partial charge in [0, 0.05) is 23.9 Å². The van der Waals surface area contributed by atoms with Crippen LogP contribution >= 0.6 is 0 Å². The number of benzene rings is 2. The lowest BCUT2D eigenvalue weighted by atomic mass is 9.99. The van der Waals surface area contributed by atoms with Gasteiger partial charge >= 0.3 is 0 Å². The van der Waals surface area contributed by atoms with Crippen LogP contribution in [0, 0.1) is 28.8 Å². The van der Waals surface area contributed by atoms with Gasteiger partial charge in [-0.25, -0.2) is 4.39 Å². The molecule has 0 radical (unpaired) electrons. The van der Waals surface area contributed by atoms with Crippen molar-refractivity contribution < 1.29 is 26.5 Å². The molecule has 32 heavy (non-hydrogen) atoms. The van der Waals surface area contributed by atoms with Crippen molar-refractivity contribution in [2.24, 2.45) is 5.92 Å². The van der Waals surface area contributed by atoms with E-state index < -0.39 is 16.6 Å². The molecular weight excluding hydrogens is 435 g/mol. The van der Waals surface area contributed by atoms with Crippen LogP contribution in [0.5, 0.6) is 0 Å². The smallest absolute Gasteiger partial charge is 0.293 e. The highest BCUT2D eigenvalue weighted by Crippen LogP contribution is 2.26. The summed E-state index contributed by atoms with van der Waals surface area (Å²) in [6.45, 7) is 7.69. The Bertz CT molecular complexity index is 949. The number of aryl methyl sites for hydroxylation is 1. The summed E-state index contributed by atoms with van der Waals surface area (Å²) in [7, 11) is 0. The Balaban J connectivity index is 0.00000363. The van der Waals surface area contributed by atoms with Gasteiger partial charge in [-0.15, -0.1) is 0 Å². The minimum absolute atomic E-state index is 0. The van der Waals surface area contributed by atoms with Gasteiger partial charge in [-0.2, -0.15) is 0 Å². The zero-order chi connectivity index (χ0) is 22.4. The van der Waals surface area contributed by atoms with Crippen molar-refractivity contribution >= 4 is 23.0 Å². The van der Waals surface area contributed by atoms with E-state index in [4.69, 9.17) is 0 Å². The molecule has 0 spiro atoms. The number of carbonyl (C=O) groups is 1. The number of nitrogens with zero attached hydrogens (tertiary/aromatic N) is 2. The van der Waals surface area contributed by atoms with Gasteiger partial charge in [-0.1, -0.05) is 13.0 Å². The second-order valence-electron chi connectivity index (χ2n) is 8.21. The molecule has 0 atom stereocenters. The number of rotatable bonds is 8. The highest BCUT2D eigenvalue weighted by molar-refractivity contribution is 6.05. The van der Waals surface area contributed by atoms with E-state index in [0.29, 0.717) is 23.5 Å². The number of halogens is 2. The third-order valence-electron chi connectivity index (χ3n) is 5.73. The molecule has 2 N–H and O–H groups in total. The summed E-state index contributed by atoms with van der Waals surface area (Å²) in [5, 5.41) is 17.2. The third kappa shape index (κ3) is 6.90. The second-order valence-corrected chi connectivity index (χ2v) is 8.21. The maximum absolute atomic E-state index is 13.7. The number of piperidine rings is 1. The van der Waals surface area contributed by atoms with Gasteiger partial charge in [0.1, 0.15) is 11.5 Å². The number of likely N-dealkylation sites (tertiary alicyclic amines) is 1. The molecule has 174 valence electrons. The predicted molar refractivity (Wildman–Crippen MR) is 120 cm³/mol. The summed E-state index contributed by atoms with van der Waals surface area (Å²) in [5.41, 5.74) is 1.13. The molecule has 1 saturated heterocycles. The highest BCUT2D eigenvalue weighted by atomic mass is 35.5. The highest BCUT2D eigenvalue weighted by Gasteiger charge is 2.19. The van der Waals surface area contributed by atoms with Crippen LogP contribution in [0.3, 0.4) is 0 Å². The Morgan fingerprint density at radius 1 is 1.22 bits per heavy atom. The molecule has 3 rings (SSSR count). The van der Waals surface area contributed by atoms with Gasteiger partial charge in [0.25, 0.3) is 11.6 Å². The molecule has 0 aromatic heterocycles. The quantitative estimate of drug-likeness (QED) is 0.354. The van der Waals surface area contributed by atoms with Crippen molar-refractivity contribution in [3.8, 4) is 0 Å². The maximum atomic E-state index is 13.7. The summed E-state index contributed by atoms with van der Waals surface area (Å²) < 4.78 is 13.7. The average Bonchev–Trinajstić information content (AvgIpc) is 2.75. The summed E-state index contributed by atoms with van der Waals surface area (Å²) in [5.74, 6) is -0.169. The number of hydrogen-bond acceptors (Lipinski definition) is 5. The Morgan fingerprint density at radius 2 is 1.94 bits per heavy atom. The van der Waals surface area contributed by atoms with E-state index in [1.54, 1.807) is 25.1 Å². The molecule has 0 aliphatic carbocycles. The molecule has 1 fully saturated rings. The summed E-state index contributed by atoms with van der Waals surface area (Å²) in [6.07, 6.45) is 3.32. The molecule has 2 aromatic rings. The van der Waals surface area contributed by atoms with E-state index in [1.165, 1.54) is 31.0 Å². The second kappa shape index (κ2) is 11.8. The maximum Gasteiger partial charge on any atom is 0.293 e. The lowest BCUT2D eigenvalue weighted by molar-refractivity contribution is -0.384. The molecular formula is C23H29ClFN4O3-. The first-order valence-electron chi connectivity index (χ1n) is 10.7. The fourth-order valence-corrected chi connectivity index (χ4v) is 3.66. The summed E-state index contributed by atoms with van der Waals surface area (Å²) in [6, 6.07) is 8.69. The molecule has 1 aliphatic heterocycles. The predicted octanol–water partition coefficient (Wildman–Crippen LogP) is 1.83. The van der Waals surface area contributed by atoms with Gasteiger partial charge in [0.05, 0.1) is 4.92 Å². The van der Waals surface area contributed by atoms with Crippen molar-refractivity contribution in [2.75, 3.05) is 36.8 Å². The van der Waals surface area contributed by atoms with Crippen LogP contribution in [-0.4, -0.2) is 41.9 Å². The Labute approximate surface area is 193 Å². The van der Waals surface area contributed by atoms with Crippen LogP contribution in [0.4, 0.5) is 21.5 Å². The Kier molecular flexibility index (Phi) is 9.41. The zero-order valence-corrected chi connectivity index (χ0v) is 19.1. The van der Waals surface area contributed by atoms with E-state index in [9.17, 15) is 19.3 Å². The van der Waals surface area contributed by atoms with Crippen molar-refractivity contribution in [3.63, 3.8) is 0 Å². The number of nitro groups is 1. The molecule has 1 heterocycles. The van der Waals surface area contributed by atoms with Crippen LogP contribution in [0.15, 0.2) is 36.4 Å². The van der Waals surface area contributed by atoms with Crippen molar-refractivity contribution in [1.82, 2.24) is 4.90 Å². The van der Waals surface area contributed by atoms with Gasteiger partial charge in [-0.05, 0) is 81.6 Å². The van der Waals surface area contributed by atoms with E-state index in [1.807, 2.05) is 0 Å². The zero-order valence-electron chi connectivity index (χ0n) is 18.4. The summed E-state index contributed by atoms with van der Waals surface area (Å²) >= 11 is 0. The number of amides is 1. The largest absolute Gasteiger partial charge is 1.00 e. The minimum Gasteiger partial charge on any atom is -1.00 e. The number of anilines is 2. The Hall–Kier alpha value is -2.71. The molecule has 1 amide bonds. The number of hydrogen-bond donors (Lipinski definition) is 2. The third-order valence-corrected chi connectivity index (χ3v) is 5.73. The fourth-order valence-electron chi connectivity index (χ4n) is 3.66. The number of carbonyl (C=O) groups excluding carboxylic acids is 1. The Morgan fingerprint density at radius 3 is 2.59 bits per heavy atom. The monoisotopic (exact) mass is 463 g/mol. The van der Waals surface area contributed by atoms with Gasteiger partial charge in [0.15, 0.2) is 0 Å². The van der Waals surface area contributed by atoms with E-state index in [2.05, 4.69) is 22.5 Å². The van der Waals surface area contributed by atoms with E-state index in [-0.39, 0.29) is 23.7 Å². The van der Waals surface area contributed by atoms with Crippen molar-refractivity contribution in [3.05, 3.63) is 63.5 Å². The van der Waals surface area contributed by atoms with Gasteiger partial charge < -0.3 is 27.9 Å². The SMILES string of the molecule is Cc1ccc(NC(=O)c2ccc(NCCCN3CCC(C)CC3)c([N+](=O)[O-])c2)cc1F.[Cl-].